The molecule has 1 aliphatic heterocycles. The molecule has 2 aromatic heterocycles. The summed E-state index contributed by atoms with van der Waals surface area (Å²) in [5.41, 5.74) is -1.19. The van der Waals surface area contributed by atoms with Crippen LogP contribution in [0.4, 0.5) is 27.5 Å². The standard InChI is InChI=1S/C41H53F2N7O10S2.C2H5F2NO3S/c1-8-23-18-41(23,37(53)49-62(55,56)58-20-33(42)43)48-35(51)31-16-26(19-50(31)36(52)34(40(4,5)6)47-39(54)60-24-11-9-10-12-24)59-32-17-29(30-21-61-38(46-30)44-22(2)3)45-28-15-25(57-7)13-14-27(28)32;3-2(4)1-8-9(5,6)7/h8,13-15,17,21-24,26,31,33-34H,1,9-12,16,18-20H2,2-7H3,(H,44,46)(H,47,54)(H,48,51)(H,49,53);2H,1H2,(H2,5,6,7)/t23-,26-,31+,34-,41-;/m1./s1. The van der Waals surface area contributed by atoms with Gasteiger partial charge in [-0.2, -0.15) is 16.8 Å². The number of thiazole rings is 1. The highest BCUT2D eigenvalue weighted by Gasteiger charge is 2.61. The van der Waals surface area contributed by atoms with E-state index in [1.165, 1.54) is 29.4 Å². The Morgan fingerprint density at radius 3 is 2.21 bits per heavy atom. The molecular weight excluding hydrogens is 1010 g/mol. The van der Waals surface area contributed by atoms with Gasteiger partial charge in [-0.1, -0.05) is 26.8 Å². The van der Waals surface area contributed by atoms with E-state index in [4.69, 9.17) is 24.2 Å². The predicted molar refractivity (Wildman–Crippen MR) is 251 cm³/mol. The van der Waals surface area contributed by atoms with E-state index in [2.05, 4.69) is 36.0 Å². The molecule has 71 heavy (non-hydrogen) atoms. The van der Waals surface area contributed by atoms with Crippen molar-refractivity contribution >= 4 is 71.8 Å². The van der Waals surface area contributed by atoms with Gasteiger partial charge < -0.3 is 35.1 Å². The molecule has 28 heteroatoms. The van der Waals surface area contributed by atoms with Crippen LogP contribution in [0.25, 0.3) is 22.3 Å². The number of pyridine rings is 1. The number of carbonyl (C=O) groups excluding carboxylic acids is 4. The Morgan fingerprint density at radius 2 is 1.65 bits per heavy atom. The van der Waals surface area contributed by atoms with E-state index < -0.39 is 106 Å². The third kappa shape index (κ3) is 15.8. The van der Waals surface area contributed by atoms with E-state index in [1.807, 2.05) is 19.2 Å². The summed E-state index contributed by atoms with van der Waals surface area (Å²) in [6.45, 7) is 10.1. The van der Waals surface area contributed by atoms with Crippen LogP contribution in [-0.2, 0) is 48.1 Å². The third-order valence-corrected chi connectivity index (χ3v) is 13.3. The van der Waals surface area contributed by atoms with Gasteiger partial charge in [-0.3, -0.25) is 18.6 Å². The monoisotopic (exact) mass is 1070 g/mol. The number of amides is 4. The van der Waals surface area contributed by atoms with Gasteiger partial charge in [0.15, 0.2) is 5.13 Å². The van der Waals surface area contributed by atoms with Gasteiger partial charge in [0.1, 0.15) is 60.2 Å². The normalized spacial score (nSPS) is 20.8. The topological polar surface area (TPSA) is 286 Å². The number of nitrogens with two attached hydrogens (primary N) is 1. The lowest BCUT2D eigenvalue weighted by molar-refractivity contribution is -0.143. The molecule has 6 rings (SSSR count). The number of anilines is 1. The van der Waals surface area contributed by atoms with Crippen molar-refractivity contribution in [2.24, 2.45) is 16.5 Å². The second-order valence-electron chi connectivity index (χ2n) is 18.2. The summed E-state index contributed by atoms with van der Waals surface area (Å²) in [4.78, 5) is 66.8. The van der Waals surface area contributed by atoms with Crippen molar-refractivity contribution in [3.05, 3.63) is 42.3 Å². The first kappa shape index (κ1) is 56.5. The number of rotatable bonds is 20. The second kappa shape index (κ2) is 23.4. The molecule has 3 aliphatic rings. The Bertz CT molecular complexity index is 2630. The molecule has 3 heterocycles. The van der Waals surface area contributed by atoms with Crippen LogP contribution in [0, 0.1) is 11.3 Å². The number of hydrogen-bond donors (Lipinski definition) is 5. The number of methoxy groups -OCH3 is 1. The number of nitrogens with zero attached hydrogens (tertiary/aromatic N) is 3. The second-order valence-corrected chi connectivity index (χ2v) is 21.6. The van der Waals surface area contributed by atoms with Crippen LogP contribution in [0.3, 0.4) is 0 Å². The first-order valence-electron chi connectivity index (χ1n) is 22.2. The largest absolute Gasteiger partial charge is 0.497 e. The van der Waals surface area contributed by atoms with Crippen molar-refractivity contribution in [1.82, 2.24) is 30.2 Å². The first-order chi connectivity index (χ1) is 33.1. The van der Waals surface area contributed by atoms with Crippen LogP contribution in [0.5, 0.6) is 11.5 Å². The minimum atomic E-state index is -4.99. The SMILES string of the molecule is C=C[C@@H]1C[C@]1(NC(=O)[C@@H]1C[C@@H](Oc2cc(-c3csc(NC(C)C)n3)nc3cc(OC)ccc23)CN1C(=O)[C@@H](NC(=O)OC1CCCC1)C(C)(C)C)C(=O)NS(=O)(=O)OCC(F)F.NS(=O)(=O)OCC(F)F. The molecular formula is C43H58F4N8O13S3. The number of likely N-dealkylation sites (tertiary alicyclic amines) is 1. The van der Waals surface area contributed by atoms with E-state index in [0.717, 1.165) is 12.8 Å². The lowest BCUT2D eigenvalue weighted by atomic mass is 9.85. The van der Waals surface area contributed by atoms with Gasteiger partial charge in [0.05, 0.1) is 24.9 Å². The molecule has 0 spiro atoms. The predicted octanol–water partition coefficient (Wildman–Crippen LogP) is 4.79. The number of nitrogens with one attached hydrogen (secondary N) is 4. The Hall–Kier alpha value is -5.42. The molecule has 3 aromatic rings. The van der Waals surface area contributed by atoms with E-state index in [-0.39, 0.29) is 31.5 Å². The number of ether oxygens (including phenoxy) is 3. The maximum Gasteiger partial charge on any atom is 0.408 e. The van der Waals surface area contributed by atoms with Crippen molar-refractivity contribution in [2.45, 2.75) is 122 Å². The Kier molecular flexibility index (Phi) is 18.6. The number of alkyl halides is 4. The number of fused-ring (bicyclic) bond motifs is 1. The van der Waals surface area contributed by atoms with Gasteiger partial charge in [0, 0.05) is 41.3 Å². The molecule has 2 saturated carbocycles. The van der Waals surface area contributed by atoms with E-state index in [1.54, 1.807) is 49.8 Å². The van der Waals surface area contributed by atoms with Gasteiger partial charge in [-0.05, 0) is 63.5 Å². The zero-order valence-electron chi connectivity index (χ0n) is 39.6. The minimum Gasteiger partial charge on any atom is -0.497 e. The lowest BCUT2D eigenvalue weighted by Gasteiger charge is -2.35. The van der Waals surface area contributed by atoms with Crippen LogP contribution >= 0.6 is 11.3 Å². The third-order valence-electron chi connectivity index (χ3n) is 11.2. The maximum absolute atomic E-state index is 14.8. The van der Waals surface area contributed by atoms with Crippen molar-refractivity contribution in [3.8, 4) is 22.9 Å². The van der Waals surface area contributed by atoms with E-state index in [9.17, 15) is 53.6 Å². The molecule has 6 N–H and O–H groups in total. The highest BCUT2D eigenvalue weighted by Crippen LogP contribution is 2.45. The summed E-state index contributed by atoms with van der Waals surface area (Å²) in [5.74, 6) is -2.57. The van der Waals surface area contributed by atoms with Crippen molar-refractivity contribution in [3.63, 3.8) is 0 Å². The van der Waals surface area contributed by atoms with Crippen LogP contribution in [0.15, 0.2) is 42.3 Å². The molecule has 1 aromatic carbocycles. The number of hydrogen-bond acceptors (Lipinski definition) is 17. The summed E-state index contributed by atoms with van der Waals surface area (Å²) < 4.78 is 119. The highest BCUT2D eigenvalue weighted by atomic mass is 32.2. The number of aromatic nitrogens is 2. The number of halogens is 4. The van der Waals surface area contributed by atoms with E-state index in [0.29, 0.717) is 51.8 Å². The van der Waals surface area contributed by atoms with Crippen LogP contribution < -0.4 is 35.3 Å². The van der Waals surface area contributed by atoms with Crippen molar-refractivity contribution in [2.75, 3.05) is 32.2 Å². The zero-order chi connectivity index (χ0) is 52.6. The fourth-order valence-corrected chi connectivity index (χ4v) is 9.67. The number of alkyl carbamates (subject to hydrolysis) is 1. The molecule has 1 saturated heterocycles. The molecule has 0 unspecified atom stereocenters. The van der Waals surface area contributed by atoms with Gasteiger partial charge in [-0.25, -0.2) is 46.4 Å². The van der Waals surface area contributed by atoms with Gasteiger partial charge >= 0.3 is 26.7 Å². The molecule has 394 valence electrons. The van der Waals surface area contributed by atoms with Crippen LogP contribution in [0.2, 0.25) is 0 Å². The van der Waals surface area contributed by atoms with Crippen molar-refractivity contribution < 1.29 is 76.2 Å². The molecule has 21 nitrogen and oxygen atoms in total. The smallest absolute Gasteiger partial charge is 0.408 e. The Labute approximate surface area is 412 Å². The summed E-state index contributed by atoms with van der Waals surface area (Å²) in [6, 6.07) is 4.60. The molecule has 0 radical (unpaired) electrons. The first-order valence-corrected chi connectivity index (χ1v) is 25.9. The van der Waals surface area contributed by atoms with Crippen LogP contribution in [0.1, 0.15) is 73.1 Å². The number of carbonyl (C=O) groups is 4. The average molecular weight is 1070 g/mol. The lowest BCUT2D eigenvalue weighted by Crippen LogP contribution is -2.60. The summed E-state index contributed by atoms with van der Waals surface area (Å²) in [6.07, 6.45) is -3.50. The Morgan fingerprint density at radius 1 is 0.986 bits per heavy atom. The van der Waals surface area contributed by atoms with E-state index >= 15 is 0 Å². The average Bonchev–Trinajstić information content (AvgIpc) is 3.68. The molecule has 3 fully saturated rings. The van der Waals surface area contributed by atoms with Crippen molar-refractivity contribution in [1.29, 1.82) is 0 Å². The zero-order valence-corrected chi connectivity index (χ0v) is 42.1. The van der Waals surface area contributed by atoms with Gasteiger partial charge in [0.2, 0.25) is 11.8 Å². The number of benzene rings is 1. The molecule has 0 bridgehead atoms. The maximum atomic E-state index is 14.8. The Balaban J connectivity index is 0.000000947. The summed E-state index contributed by atoms with van der Waals surface area (Å²) in [5, 5.41) is 16.0. The quantitative estimate of drug-likeness (QED) is 0.0751. The minimum absolute atomic E-state index is 0.0848. The summed E-state index contributed by atoms with van der Waals surface area (Å²) in [7, 11) is -7.66. The fourth-order valence-electron chi connectivity index (χ4n) is 7.77. The molecule has 5 atom stereocenters. The van der Waals surface area contributed by atoms with Gasteiger partial charge in [0.25, 0.3) is 18.8 Å². The van der Waals surface area contributed by atoms with Crippen LogP contribution in [-0.4, -0.2) is 131 Å². The summed E-state index contributed by atoms with van der Waals surface area (Å²) >= 11 is 1.41. The fraction of sp³-hybridized carbons (Fsp3) is 0.581. The molecule has 4 amide bonds. The molecule has 2 aliphatic carbocycles. The van der Waals surface area contributed by atoms with Gasteiger partial charge in [-0.15, -0.1) is 17.9 Å². The highest BCUT2D eigenvalue weighted by molar-refractivity contribution is 7.85.